The Labute approximate surface area is 177 Å². The highest BCUT2D eigenvalue weighted by Gasteiger charge is 2.26. The molecule has 2 aromatic carbocycles. The largest absolute Gasteiger partial charge is 0.493 e. The number of fused-ring (bicyclic) bond motifs is 1. The minimum absolute atomic E-state index is 0.122. The summed E-state index contributed by atoms with van der Waals surface area (Å²) in [5.74, 6) is 0.651. The van der Waals surface area contributed by atoms with E-state index in [0.717, 1.165) is 44.0 Å². The molecule has 0 aromatic heterocycles. The molecule has 2 aromatic rings. The number of hydrogen-bond donors (Lipinski definition) is 2. The van der Waals surface area contributed by atoms with Crippen LogP contribution in [-0.2, 0) is 22.6 Å². The quantitative estimate of drug-likeness (QED) is 0.729. The normalized spacial score (nSPS) is 16.7. The van der Waals surface area contributed by atoms with Crippen molar-refractivity contribution < 1.29 is 19.2 Å². The SMILES string of the molecule is CC(=O)N/C(=C\c1ccccc1)C(=O)N1CC[NH+](Cc2ccc3c(c2)CCO3)CC1. The van der Waals surface area contributed by atoms with Gasteiger partial charge in [-0.3, -0.25) is 9.59 Å². The highest BCUT2D eigenvalue weighted by Crippen LogP contribution is 2.25. The zero-order valence-corrected chi connectivity index (χ0v) is 17.3. The van der Waals surface area contributed by atoms with E-state index in [-0.39, 0.29) is 11.8 Å². The fourth-order valence-corrected chi connectivity index (χ4v) is 4.07. The Kier molecular flexibility index (Phi) is 6.14. The van der Waals surface area contributed by atoms with Gasteiger partial charge in [-0.1, -0.05) is 30.3 Å². The molecule has 0 bridgehead atoms. The number of quaternary nitrogens is 1. The molecule has 0 unspecified atom stereocenters. The number of ether oxygens (including phenoxy) is 1. The van der Waals surface area contributed by atoms with Crippen molar-refractivity contribution in [3.05, 3.63) is 70.9 Å². The summed E-state index contributed by atoms with van der Waals surface area (Å²) in [7, 11) is 0. The first-order chi connectivity index (χ1) is 14.6. The molecule has 1 saturated heterocycles. The van der Waals surface area contributed by atoms with Crippen LogP contribution < -0.4 is 15.0 Å². The van der Waals surface area contributed by atoms with Gasteiger partial charge >= 0.3 is 0 Å². The number of rotatable bonds is 5. The van der Waals surface area contributed by atoms with Gasteiger partial charge in [0.1, 0.15) is 18.0 Å². The fraction of sp³-hybridized carbons (Fsp3) is 0.333. The van der Waals surface area contributed by atoms with Crippen LogP contribution in [0.1, 0.15) is 23.6 Å². The number of nitrogens with zero attached hydrogens (tertiary/aromatic N) is 1. The highest BCUT2D eigenvalue weighted by atomic mass is 16.5. The first kappa shape index (κ1) is 20.2. The summed E-state index contributed by atoms with van der Waals surface area (Å²) in [4.78, 5) is 28.0. The maximum Gasteiger partial charge on any atom is 0.270 e. The van der Waals surface area contributed by atoms with Crippen molar-refractivity contribution in [1.29, 1.82) is 0 Å². The molecular formula is C24H28N3O3+. The molecule has 156 valence electrons. The fourth-order valence-electron chi connectivity index (χ4n) is 4.07. The van der Waals surface area contributed by atoms with Crippen molar-refractivity contribution in [1.82, 2.24) is 10.2 Å². The van der Waals surface area contributed by atoms with Crippen molar-refractivity contribution in [3.8, 4) is 5.75 Å². The molecule has 4 rings (SSSR count). The topological polar surface area (TPSA) is 63.1 Å². The summed E-state index contributed by atoms with van der Waals surface area (Å²) in [5.41, 5.74) is 3.83. The maximum absolute atomic E-state index is 13.1. The van der Waals surface area contributed by atoms with Gasteiger partial charge in [0.15, 0.2) is 0 Å². The smallest absolute Gasteiger partial charge is 0.270 e. The molecule has 0 saturated carbocycles. The molecule has 6 heteroatoms. The summed E-state index contributed by atoms with van der Waals surface area (Å²) >= 11 is 0. The van der Waals surface area contributed by atoms with Crippen molar-refractivity contribution in [2.24, 2.45) is 0 Å². The molecular weight excluding hydrogens is 378 g/mol. The number of nitrogens with one attached hydrogen (secondary N) is 2. The van der Waals surface area contributed by atoms with Gasteiger partial charge in [0.25, 0.3) is 5.91 Å². The summed E-state index contributed by atoms with van der Waals surface area (Å²) in [6.45, 7) is 6.28. The van der Waals surface area contributed by atoms with Crippen molar-refractivity contribution in [2.75, 3.05) is 32.8 Å². The van der Waals surface area contributed by atoms with Gasteiger partial charge in [-0.25, -0.2) is 0 Å². The second-order valence-electron chi connectivity index (χ2n) is 7.91. The lowest BCUT2D eigenvalue weighted by molar-refractivity contribution is -0.917. The van der Waals surface area contributed by atoms with Gasteiger partial charge in [-0.05, 0) is 35.4 Å². The predicted octanol–water partition coefficient (Wildman–Crippen LogP) is 1.03. The molecule has 2 aliphatic heterocycles. The zero-order valence-electron chi connectivity index (χ0n) is 17.3. The summed E-state index contributed by atoms with van der Waals surface area (Å²) < 4.78 is 5.59. The van der Waals surface area contributed by atoms with Gasteiger partial charge in [-0.2, -0.15) is 0 Å². The molecule has 2 aliphatic rings. The molecule has 0 aliphatic carbocycles. The van der Waals surface area contributed by atoms with Crippen LogP contribution in [0.5, 0.6) is 5.75 Å². The van der Waals surface area contributed by atoms with E-state index >= 15 is 0 Å². The number of piperazine rings is 1. The van der Waals surface area contributed by atoms with Crippen molar-refractivity contribution in [3.63, 3.8) is 0 Å². The molecule has 2 amide bonds. The van der Waals surface area contributed by atoms with Gasteiger partial charge in [0.05, 0.1) is 32.8 Å². The van der Waals surface area contributed by atoms with Crippen LogP contribution in [0.4, 0.5) is 0 Å². The minimum atomic E-state index is -0.240. The first-order valence-electron chi connectivity index (χ1n) is 10.5. The van der Waals surface area contributed by atoms with Gasteiger partial charge in [0, 0.05) is 18.9 Å². The maximum atomic E-state index is 13.1. The predicted molar refractivity (Wildman–Crippen MR) is 115 cm³/mol. The summed E-state index contributed by atoms with van der Waals surface area (Å²) in [5, 5.41) is 2.71. The van der Waals surface area contributed by atoms with Crippen molar-refractivity contribution >= 4 is 17.9 Å². The number of carbonyl (C=O) groups excluding carboxylic acids is 2. The molecule has 6 nitrogen and oxygen atoms in total. The van der Waals surface area contributed by atoms with Crippen molar-refractivity contribution in [2.45, 2.75) is 19.9 Å². The second-order valence-corrected chi connectivity index (χ2v) is 7.91. The number of amides is 2. The Bertz CT molecular complexity index is 947. The van der Waals surface area contributed by atoms with E-state index in [1.54, 1.807) is 6.08 Å². The first-order valence-corrected chi connectivity index (χ1v) is 10.5. The van der Waals surface area contributed by atoms with Crippen LogP contribution in [0.2, 0.25) is 0 Å². The molecule has 0 radical (unpaired) electrons. The third-order valence-electron chi connectivity index (χ3n) is 5.62. The summed E-state index contributed by atoms with van der Waals surface area (Å²) in [6, 6.07) is 16.1. The Morgan fingerprint density at radius 1 is 1.13 bits per heavy atom. The average molecular weight is 407 g/mol. The molecule has 0 atom stereocenters. The molecule has 2 heterocycles. The summed E-state index contributed by atoms with van der Waals surface area (Å²) in [6.07, 6.45) is 2.73. The van der Waals surface area contributed by atoms with Crippen LogP contribution in [0.25, 0.3) is 6.08 Å². The Morgan fingerprint density at radius 3 is 2.63 bits per heavy atom. The van der Waals surface area contributed by atoms with Crippen LogP contribution >= 0.6 is 0 Å². The van der Waals surface area contributed by atoms with Crippen LogP contribution in [0.3, 0.4) is 0 Å². The highest BCUT2D eigenvalue weighted by molar-refractivity contribution is 6.00. The molecule has 1 fully saturated rings. The lowest BCUT2D eigenvalue weighted by Crippen LogP contribution is -3.13. The van der Waals surface area contributed by atoms with E-state index in [1.807, 2.05) is 35.2 Å². The Balaban J connectivity index is 1.37. The van der Waals surface area contributed by atoms with E-state index in [1.165, 1.54) is 23.0 Å². The van der Waals surface area contributed by atoms with E-state index in [9.17, 15) is 9.59 Å². The second kappa shape index (κ2) is 9.13. The van der Waals surface area contributed by atoms with E-state index in [2.05, 4.69) is 23.5 Å². The van der Waals surface area contributed by atoms with E-state index < -0.39 is 0 Å². The van der Waals surface area contributed by atoms with E-state index in [4.69, 9.17) is 4.74 Å². The third-order valence-corrected chi connectivity index (χ3v) is 5.62. The van der Waals surface area contributed by atoms with Crippen LogP contribution in [-0.4, -0.2) is 49.5 Å². The zero-order chi connectivity index (χ0) is 20.9. The van der Waals surface area contributed by atoms with Gasteiger partial charge in [-0.15, -0.1) is 0 Å². The number of carbonyl (C=O) groups is 2. The van der Waals surface area contributed by atoms with Gasteiger partial charge in [0.2, 0.25) is 5.91 Å². The molecule has 30 heavy (non-hydrogen) atoms. The number of benzene rings is 2. The lowest BCUT2D eigenvalue weighted by atomic mass is 10.1. The molecule has 0 spiro atoms. The number of hydrogen-bond acceptors (Lipinski definition) is 3. The lowest BCUT2D eigenvalue weighted by Gasteiger charge is -2.32. The minimum Gasteiger partial charge on any atom is -0.493 e. The average Bonchev–Trinajstić information content (AvgIpc) is 3.22. The van der Waals surface area contributed by atoms with Crippen LogP contribution in [0.15, 0.2) is 54.2 Å². The monoisotopic (exact) mass is 406 g/mol. The Hall–Kier alpha value is -3.12. The Morgan fingerprint density at radius 2 is 1.90 bits per heavy atom. The van der Waals surface area contributed by atoms with Gasteiger partial charge < -0.3 is 19.9 Å². The third kappa shape index (κ3) is 4.89. The molecule has 2 N–H and O–H groups in total. The van der Waals surface area contributed by atoms with Crippen LogP contribution in [0, 0.1) is 0 Å². The van der Waals surface area contributed by atoms with E-state index in [0.29, 0.717) is 18.8 Å². The standard InChI is InChI=1S/C24H27N3O3/c1-18(28)25-22(16-19-5-3-2-4-6-19)24(29)27-12-10-26(11-13-27)17-20-7-8-23-21(15-20)9-14-30-23/h2-8,15-16H,9-14,17H2,1H3,(H,25,28)/p+1/b22-16-.